The van der Waals surface area contributed by atoms with Gasteiger partial charge in [-0.25, -0.2) is 12.8 Å². The molecule has 0 saturated carbocycles. The first-order valence-electron chi connectivity index (χ1n) is 11.2. The fourth-order valence-electron chi connectivity index (χ4n) is 3.61. The Morgan fingerprint density at radius 1 is 1.05 bits per heavy atom. The summed E-state index contributed by atoms with van der Waals surface area (Å²) in [6.45, 7) is 0.874. The number of anilines is 1. The van der Waals surface area contributed by atoms with Crippen LogP contribution in [0.4, 0.5) is 10.1 Å². The highest BCUT2D eigenvalue weighted by molar-refractivity contribution is 7.92. The van der Waals surface area contributed by atoms with Gasteiger partial charge in [-0.1, -0.05) is 29.8 Å². The van der Waals surface area contributed by atoms with E-state index in [0.29, 0.717) is 11.3 Å². The molecular formula is C26H27ClFN3O5S. The number of carbonyl (C=O) groups excluding carboxylic acids is 2. The quantitative estimate of drug-likeness (QED) is 0.416. The minimum absolute atomic E-state index is 0.0420. The summed E-state index contributed by atoms with van der Waals surface area (Å²) in [6, 6.07) is 16.4. The molecule has 0 spiro atoms. The van der Waals surface area contributed by atoms with Gasteiger partial charge in [0.2, 0.25) is 11.8 Å². The lowest BCUT2D eigenvalue weighted by Gasteiger charge is -2.31. The van der Waals surface area contributed by atoms with Gasteiger partial charge in [-0.2, -0.15) is 0 Å². The monoisotopic (exact) mass is 547 g/mol. The summed E-state index contributed by atoms with van der Waals surface area (Å²) in [7, 11) is -1.33. The van der Waals surface area contributed by atoms with Crippen LogP contribution >= 0.6 is 11.6 Å². The zero-order valence-electron chi connectivity index (χ0n) is 20.5. The van der Waals surface area contributed by atoms with Gasteiger partial charge in [-0.15, -0.1) is 0 Å². The van der Waals surface area contributed by atoms with E-state index in [9.17, 15) is 22.4 Å². The summed E-state index contributed by atoms with van der Waals surface area (Å²) in [5, 5.41) is 2.78. The number of halogens is 2. The summed E-state index contributed by atoms with van der Waals surface area (Å²) < 4.78 is 46.9. The topological polar surface area (TPSA) is 96.0 Å². The predicted molar refractivity (Wildman–Crippen MR) is 139 cm³/mol. The van der Waals surface area contributed by atoms with E-state index in [4.69, 9.17) is 16.3 Å². The van der Waals surface area contributed by atoms with Crippen LogP contribution < -0.4 is 14.4 Å². The third kappa shape index (κ3) is 6.78. The van der Waals surface area contributed by atoms with Crippen LogP contribution in [0.3, 0.4) is 0 Å². The number of amides is 2. The van der Waals surface area contributed by atoms with E-state index in [1.54, 1.807) is 12.1 Å². The fourth-order valence-corrected chi connectivity index (χ4v) is 5.20. The largest absolute Gasteiger partial charge is 0.497 e. The third-order valence-electron chi connectivity index (χ3n) is 5.70. The van der Waals surface area contributed by atoms with Crippen molar-refractivity contribution in [2.24, 2.45) is 0 Å². The molecule has 0 aliphatic carbocycles. The van der Waals surface area contributed by atoms with E-state index in [1.165, 1.54) is 86.6 Å². The average Bonchev–Trinajstić information content (AvgIpc) is 2.90. The number of hydrogen-bond acceptors (Lipinski definition) is 5. The molecule has 0 fully saturated rings. The van der Waals surface area contributed by atoms with E-state index >= 15 is 0 Å². The number of nitrogens with zero attached hydrogens (tertiary/aromatic N) is 2. The second kappa shape index (κ2) is 12.1. The molecule has 0 aromatic heterocycles. The highest BCUT2D eigenvalue weighted by atomic mass is 35.5. The van der Waals surface area contributed by atoms with E-state index in [-0.39, 0.29) is 22.2 Å². The molecule has 3 aromatic carbocycles. The minimum Gasteiger partial charge on any atom is -0.497 e. The molecule has 3 rings (SSSR count). The first-order chi connectivity index (χ1) is 17.6. The Labute approximate surface area is 220 Å². The number of carbonyl (C=O) groups is 2. The van der Waals surface area contributed by atoms with Crippen molar-refractivity contribution in [3.05, 3.63) is 89.2 Å². The standard InChI is InChI=1S/C26H27ClFN3O5S/c1-18(26(33)29-2)30(16-19-7-9-21(28)10-8-19)25(32)17-31(22-6-4-5-20(27)15-22)37(34,35)24-13-11-23(36-3)12-14-24/h4-15,18H,16-17H2,1-3H3,(H,29,33). The van der Waals surface area contributed by atoms with E-state index < -0.39 is 40.2 Å². The number of benzene rings is 3. The maximum absolute atomic E-state index is 13.7. The molecule has 0 aliphatic heterocycles. The summed E-state index contributed by atoms with van der Waals surface area (Å²) in [5.41, 5.74) is 0.740. The number of nitrogens with one attached hydrogen (secondary N) is 1. The third-order valence-corrected chi connectivity index (χ3v) is 7.73. The Kier molecular flexibility index (Phi) is 9.12. The molecule has 2 amide bonds. The zero-order valence-corrected chi connectivity index (χ0v) is 22.1. The van der Waals surface area contributed by atoms with Crippen LogP contribution in [-0.4, -0.2) is 51.9 Å². The van der Waals surface area contributed by atoms with Crippen LogP contribution in [0.1, 0.15) is 12.5 Å². The van der Waals surface area contributed by atoms with Crippen molar-refractivity contribution >= 4 is 39.1 Å². The summed E-state index contributed by atoms with van der Waals surface area (Å²) in [5.74, 6) is -1.06. The number of hydrogen-bond donors (Lipinski definition) is 1. The summed E-state index contributed by atoms with van der Waals surface area (Å²) in [4.78, 5) is 27.3. The van der Waals surface area contributed by atoms with Gasteiger partial charge < -0.3 is 15.0 Å². The summed E-state index contributed by atoms with van der Waals surface area (Å²) >= 11 is 6.14. The molecule has 196 valence electrons. The number of ether oxygens (including phenoxy) is 1. The predicted octanol–water partition coefficient (Wildman–Crippen LogP) is 3.85. The maximum atomic E-state index is 13.7. The molecule has 0 radical (unpaired) electrons. The molecule has 8 nitrogen and oxygen atoms in total. The van der Waals surface area contributed by atoms with Crippen molar-refractivity contribution in [2.75, 3.05) is 25.0 Å². The average molecular weight is 548 g/mol. The fraction of sp³-hybridized carbons (Fsp3) is 0.231. The van der Waals surface area contributed by atoms with Gasteiger partial charge in [-0.05, 0) is 67.1 Å². The summed E-state index contributed by atoms with van der Waals surface area (Å²) in [6.07, 6.45) is 0. The van der Waals surface area contributed by atoms with Crippen LogP contribution in [0.25, 0.3) is 0 Å². The van der Waals surface area contributed by atoms with Crippen LogP contribution in [0, 0.1) is 5.82 Å². The molecule has 11 heteroatoms. The van der Waals surface area contributed by atoms with Crippen LogP contribution in [0.5, 0.6) is 5.75 Å². The van der Waals surface area contributed by atoms with E-state index in [2.05, 4.69) is 5.32 Å². The van der Waals surface area contributed by atoms with Crippen molar-refractivity contribution in [1.82, 2.24) is 10.2 Å². The van der Waals surface area contributed by atoms with Gasteiger partial charge in [0.15, 0.2) is 0 Å². The first kappa shape index (κ1) is 27.9. The van der Waals surface area contributed by atoms with E-state index in [0.717, 1.165) is 4.31 Å². The van der Waals surface area contributed by atoms with Gasteiger partial charge in [0.1, 0.15) is 24.2 Å². The van der Waals surface area contributed by atoms with Crippen molar-refractivity contribution in [2.45, 2.75) is 24.4 Å². The number of likely N-dealkylation sites (N-methyl/N-ethyl adjacent to an activating group) is 1. The number of rotatable bonds is 10. The number of methoxy groups -OCH3 is 1. The van der Waals surface area contributed by atoms with Crippen molar-refractivity contribution in [1.29, 1.82) is 0 Å². The van der Waals surface area contributed by atoms with Gasteiger partial charge in [0, 0.05) is 18.6 Å². The van der Waals surface area contributed by atoms with Gasteiger partial charge in [0.05, 0.1) is 17.7 Å². The highest BCUT2D eigenvalue weighted by Gasteiger charge is 2.32. The Hall–Kier alpha value is -3.63. The molecule has 3 aromatic rings. The molecule has 1 N–H and O–H groups in total. The SMILES string of the molecule is CNC(=O)C(C)N(Cc1ccc(F)cc1)C(=O)CN(c1cccc(Cl)c1)S(=O)(=O)c1ccc(OC)cc1. The highest BCUT2D eigenvalue weighted by Crippen LogP contribution is 2.27. The Morgan fingerprint density at radius 2 is 1.70 bits per heavy atom. The first-order valence-corrected chi connectivity index (χ1v) is 13.1. The van der Waals surface area contributed by atoms with Crippen LogP contribution in [0.2, 0.25) is 5.02 Å². The Balaban J connectivity index is 2.02. The second-order valence-electron chi connectivity index (χ2n) is 8.11. The van der Waals surface area contributed by atoms with E-state index in [1.807, 2.05) is 0 Å². The van der Waals surface area contributed by atoms with Crippen LogP contribution in [0.15, 0.2) is 77.7 Å². The van der Waals surface area contributed by atoms with Crippen molar-refractivity contribution < 1.29 is 27.1 Å². The van der Waals surface area contributed by atoms with Crippen molar-refractivity contribution in [3.63, 3.8) is 0 Å². The lowest BCUT2D eigenvalue weighted by Crippen LogP contribution is -2.50. The normalized spacial score (nSPS) is 11.9. The molecule has 0 heterocycles. The molecule has 0 bridgehead atoms. The molecule has 0 saturated heterocycles. The molecule has 1 atom stereocenters. The number of sulfonamides is 1. The molecular weight excluding hydrogens is 521 g/mol. The lowest BCUT2D eigenvalue weighted by molar-refractivity contribution is -0.139. The van der Waals surface area contributed by atoms with Gasteiger partial charge >= 0.3 is 0 Å². The molecule has 0 aliphatic rings. The minimum atomic E-state index is -4.23. The van der Waals surface area contributed by atoms with Crippen molar-refractivity contribution in [3.8, 4) is 5.75 Å². The zero-order chi connectivity index (χ0) is 27.2. The van der Waals surface area contributed by atoms with Gasteiger partial charge in [0.25, 0.3) is 10.0 Å². The molecule has 37 heavy (non-hydrogen) atoms. The van der Waals surface area contributed by atoms with Gasteiger partial charge in [-0.3, -0.25) is 13.9 Å². The smallest absolute Gasteiger partial charge is 0.264 e. The lowest BCUT2D eigenvalue weighted by atomic mass is 10.1. The Bertz CT molecular complexity index is 1350. The second-order valence-corrected chi connectivity index (χ2v) is 10.4. The van der Waals surface area contributed by atoms with Crippen LogP contribution in [-0.2, 0) is 26.2 Å². The Morgan fingerprint density at radius 3 is 2.27 bits per heavy atom. The molecule has 1 unspecified atom stereocenters. The maximum Gasteiger partial charge on any atom is 0.264 e.